The highest BCUT2D eigenvalue weighted by Gasteiger charge is 2.51. The van der Waals surface area contributed by atoms with E-state index in [4.69, 9.17) is 18.9 Å². The number of nitrogens with zero attached hydrogens (tertiary/aromatic N) is 4. The van der Waals surface area contributed by atoms with Crippen LogP contribution in [0.25, 0.3) is 22.4 Å². The van der Waals surface area contributed by atoms with Crippen LogP contribution in [0.5, 0.6) is 0 Å². The van der Waals surface area contributed by atoms with E-state index in [1.807, 2.05) is 30.3 Å². The zero-order valence-electron chi connectivity index (χ0n) is 18.2. The van der Waals surface area contributed by atoms with E-state index in [1.165, 1.54) is 33.4 Å². The SMILES string of the molecule is CC(=O)OC[C@H]1O[C@@H](n2cnc3c(-c4ccccc4)ncnc32)C(OC(C)=O)C1OC(C)=O. The first-order valence-corrected chi connectivity index (χ1v) is 10.2. The first-order valence-electron chi connectivity index (χ1n) is 10.2. The Hall–Kier alpha value is -3.86. The molecule has 1 aromatic carbocycles. The van der Waals surface area contributed by atoms with Crippen LogP contribution in [0.4, 0.5) is 0 Å². The second-order valence-electron chi connectivity index (χ2n) is 7.43. The van der Waals surface area contributed by atoms with Gasteiger partial charge in [0.1, 0.15) is 30.2 Å². The minimum atomic E-state index is -1.03. The molecule has 11 nitrogen and oxygen atoms in total. The van der Waals surface area contributed by atoms with Crippen molar-refractivity contribution >= 4 is 29.1 Å². The molecular formula is C22H22N4O7. The molecule has 0 spiro atoms. The lowest BCUT2D eigenvalue weighted by Crippen LogP contribution is -2.40. The van der Waals surface area contributed by atoms with Crippen molar-refractivity contribution in [2.75, 3.05) is 6.61 Å². The lowest BCUT2D eigenvalue weighted by atomic mass is 10.1. The Morgan fingerprint density at radius 3 is 2.30 bits per heavy atom. The van der Waals surface area contributed by atoms with Crippen molar-refractivity contribution in [3.8, 4) is 11.3 Å². The predicted molar refractivity (Wildman–Crippen MR) is 112 cm³/mol. The summed E-state index contributed by atoms with van der Waals surface area (Å²) in [6, 6.07) is 9.48. The summed E-state index contributed by atoms with van der Waals surface area (Å²) in [5.41, 5.74) is 2.42. The number of esters is 3. The van der Waals surface area contributed by atoms with Crippen molar-refractivity contribution in [3.63, 3.8) is 0 Å². The van der Waals surface area contributed by atoms with Crippen LogP contribution in [0.1, 0.15) is 27.0 Å². The van der Waals surface area contributed by atoms with Gasteiger partial charge in [-0.2, -0.15) is 0 Å². The number of carbonyl (C=O) groups excluding carboxylic acids is 3. The molecule has 0 aliphatic carbocycles. The van der Waals surface area contributed by atoms with Crippen molar-refractivity contribution in [2.45, 2.75) is 45.3 Å². The molecule has 3 heterocycles. The van der Waals surface area contributed by atoms with Gasteiger partial charge in [-0.3, -0.25) is 19.0 Å². The van der Waals surface area contributed by atoms with Crippen molar-refractivity contribution in [3.05, 3.63) is 43.0 Å². The highest BCUT2D eigenvalue weighted by Crippen LogP contribution is 2.36. The molecule has 4 rings (SSSR count). The highest BCUT2D eigenvalue weighted by molar-refractivity contribution is 5.87. The number of hydrogen-bond donors (Lipinski definition) is 0. The number of rotatable bonds is 6. The fraction of sp³-hybridized carbons (Fsp3) is 0.364. The summed E-state index contributed by atoms with van der Waals surface area (Å²) in [4.78, 5) is 48.1. The van der Waals surface area contributed by atoms with E-state index >= 15 is 0 Å². The van der Waals surface area contributed by atoms with Gasteiger partial charge in [0.25, 0.3) is 0 Å². The molecule has 1 aliphatic heterocycles. The molecule has 172 valence electrons. The smallest absolute Gasteiger partial charge is 0.303 e. The maximum absolute atomic E-state index is 11.9. The molecule has 2 aromatic heterocycles. The normalized spacial score (nSPS) is 22.2. The number of hydrogen-bond acceptors (Lipinski definition) is 10. The van der Waals surface area contributed by atoms with Crippen LogP contribution in [0.3, 0.4) is 0 Å². The first kappa shape index (κ1) is 22.3. The van der Waals surface area contributed by atoms with Gasteiger partial charge in [-0.25, -0.2) is 15.0 Å². The lowest BCUT2D eigenvalue weighted by Gasteiger charge is -2.23. The summed E-state index contributed by atoms with van der Waals surface area (Å²) in [7, 11) is 0. The van der Waals surface area contributed by atoms with Crippen molar-refractivity contribution in [2.24, 2.45) is 0 Å². The number of benzene rings is 1. The molecule has 0 bridgehead atoms. The zero-order valence-corrected chi connectivity index (χ0v) is 18.2. The summed E-state index contributed by atoms with van der Waals surface area (Å²) < 4.78 is 23.6. The Balaban J connectivity index is 1.76. The second kappa shape index (κ2) is 9.33. The monoisotopic (exact) mass is 454 g/mol. The van der Waals surface area contributed by atoms with Crippen LogP contribution >= 0.6 is 0 Å². The van der Waals surface area contributed by atoms with E-state index < -0.39 is 42.4 Å². The van der Waals surface area contributed by atoms with Crippen molar-refractivity contribution in [1.29, 1.82) is 0 Å². The third kappa shape index (κ3) is 4.67. The number of aromatic nitrogens is 4. The number of ether oxygens (including phenoxy) is 4. The van der Waals surface area contributed by atoms with E-state index in [0.29, 0.717) is 16.9 Å². The molecule has 2 unspecified atom stereocenters. The Kier molecular flexibility index (Phi) is 6.31. The van der Waals surface area contributed by atoms with Gasteiger partial charge in [-0.15, -0.1) is 0 Å². The van der Waals surface area contributed by atoms with E-state index in [0.717, 1.165) is 5.56 Å². The molecule has 1 aliphatic rings. The first-order chi connectivity index (χ1) is 15.8. The summed E-state index contributed by atoms with van der Waals surface area (Å²) in [5, 5.41) is 0. The van der Waals surface area contributed by atoms with Crippen LogP contribution in [0, 0.1) is 0 Å². The molecule has 0 N–H and O–H groups in total. The summed E-state index contributed by atoms with van der Waals surface area (Å²) in [5.74, 6) is -1.72. The van der Waals surface area contributed by atoms with Crippen LogP contribution in [-0.2, 0) is 33.3 Å². The van der Waals surface area contributed by atoms with Gasteiger partial charge in [0.2, 0.25) is 0 Å². The fourth-order valence-electron chi connectivity index (χ4n) is 3.76. The van der Waals surface area contributed by atoms with E-state index in [-0.39, 0.29) is 6.61 Å². The van der Waals surface area contributed by atoms with Gasteiger partial charge < -0.3 is 18.9 Å². The fourth-order valence-corrected chi connectivity index (χ4v) is 3.76. The molecule has 4 atom stereocenters. The molecular weight excluding hydrogens is 432 g/mol. The van der Waals surface area contributed by atoms with E-state index in [9.17, 15) is 14.4 Å². The molecule has 33 heavy (non-hydrogen) atoms. The zero-order chi connectivity index (χ0) is 23.5. The highest BCUT2D eigenvalue weighted by atomic mass is 16.7. The summed E-state index contributed by atoms with van der Waals surface area (Å²) in [6.45, 7) is 3.52. The Bertz CT molecular complexity index is 1180. The van der Waals surface area contributed by atoms with Crippen LogP contribution in [0.2, 0.25) is 0 Å². The quantitative estimate of drug-likeness (QED) is 0.401. The molecule has 1 fully saturated rings. The van der Waals surface area contributed by atoms with Gasteiger partial charge >= 0.3 is 17.9 Å². The van der Waals surface area contributed by atoms with Crippen molar-refractivity contribution < 1.29 is 33.3 Å². The third-order valence-corrected chi connectivity index (χ3v) is 5.02. The summed E-state index contributed by atoms with van der Waals surface area (Å²) in [6.07, 6.45) is -0.963. The largest absolute Gasteiger partial charge is 0.463 e. The van der Waals surface area contributed by atoms with Gasteiger partial charge in [0.05, 0.1) is 6.33 Å². The lowest BCUT2D eigenvalue weighted by molar-refractivity contribution is -0.166. The van der Waals surface area contributed by atoms with Gasteiger partial charge in [-0.1, -0.05) is 30.3 Å². The average molecular weight is 454 g/mol. The molecule has 1 saturated heterocycles. The minimum absolute atomic E-state index is 0.196. The molecule has 0 radical (unpaired) electrons. The van der Waals surface area contributed by atoms with Crippen molar-refractivity contribution in [1.82, 2.24) is 19.5 Å². The third-order valence-electron chi connectivity index (χ3n) is 5.02. The van der Waals surface area contributed by atoms with Gasteiger partial charge in [0.15, 0.2) is 24.1 Å². The number of carbonyl (C=O) groups is 3. The maximum atomic E-state index is 11.9. The maximum Gasteiger partial charge on any atom is 0.303 e. The van der Waals surface area contributed by atoms with E-state index in [2.05, 4.69) is 15.0 Å². The minimum Gasteiger partial charge on any atom is -0.463 e. The van der Waals surface area contributed by atoms with Crippen LogP contribution < -0.4 is 0 Å². The van der Waals surface area contributed by atoms with Crippen LogP contribution in [-0.4, -0.2) is 62.3 Å². The topological polar surface area (TPSA) is 132 Å². The predicted octanol–water partition coefficient (Wildman–Crippen LogP) is 1.82. The Labute approximate surface area is 188 Å². The number of fused-ring (bicyclic) bond motifs is 1. The van der Waals surface area contributed by atoms with Crippen LogP contribution in [0.15, 0.2) is 43.0 Å². The molecule has 3 aromatic rings. The average Bonchev–Trinajstić information content (AvgIpc) is 3.34. The summed E-state index contributed by atoms with van der Waals surface area (Å²) >= 11 is 0. The standard InChI is InChI=1S/C22H22N4O7/c1-12(27)30-9-16-19(31-13(2)28)20(32-14(3)29)22(33-16)26-11-25-18-17(23-10-24-21(18)26)15-7-5-4-6-8-15/h4-8,10-11,16,19-20,22H,9H2,1-3H3/t16-,19?,20?,22-/m1/s1. The molecule has 0 amide bonds. The van der Waals surface area contributed by atoms with E-state index in [1.54, 1.807) is 4.57 Å². The molecule has 11 heteroatoms. The molecule has 0 saturated carbocycles. The van der Waals surface area contributed by atoms with Gasteiger partial charge in [-0.05, 0) is 0 Å². The second-order valence-corrected chi connectivity index (χ2v) is 7.43. The number of imidazole rings is 1. The Morgan fingerprint density at radius 2 is 1.64 bits per heavy atom. The Morgan fingerprint density at radius 1 is 0.939 bits per heavy atom. The van der Waals surface area contributed by atoms with Gasteiger partial charge in [0, 0.05) is 26.3 Å².